The lowest BCUT2D eigenvalue weighted by Gasteiger charge is -2.33. The Morgan fingerprint density at radius 2 is 0.590 bits per heavy atom. The van der Waals surface area contributed by atoms with Gasteiger partial charge in [0.05, 0.1) is 57.2 Å². The van der Waals surface area contributed by atoms with Gasteiger partial charge in [-0.3, -0.25) is 53.1 Å². The van der Waals surface area contributed by atoms with E-state index in [-0.39, 0.29) is 69.7 Å². The molecule has 0 aromatic carbocycles. The molecule has 0 fully saturated rings. The smallest absolute Gasteiger partial charge is 0.480 e. The number of unbranched alkanes of at least 4 members (excludes halogenated alkanes) is 44. The van der Waals surface area contributed by atoms with Gasteiger partial charge >= 0.3 is 53.9 Å². The fourth-order valence-electron chi connectivity index (χ4n) is 13.7. The van der Waals surface area contributed by atoms with Gasteiger partial charge in [0.1, 0.15) is 19.8 Å². The highest BCUT2D eigenvalue weighted by Gasteiger charge is 2.30. The molecule has 0 aromatic heterocycles. The average molecular weight is 1500 g/mol. The van der Waals surface area contributed by atoms with Crippen LogP contribution in [0.4, 0.5) is 4.79 Å². The molecular formula is C83H153N3O19. The Kier molecular flexibility index (Phi) is 69.5. The van der Waals surface area contributed by atoms with Crippen LogP contribution < -0.4 is 0 Å². The predicted molar refractivity (Wildman–Crippen MR) is 415 cm³/mol. The van der Waals surface area contributed by atoms with Crippen LogP contribution in [0.3, 0.4) is 0 Å². The van der Waals surface area contributed by atoms with Gasteiger partial charge in [0, 0.05) is 26.1 Å². The molecule has 105 heavy (non-hydrogen) atoms. The summed E-state index contributed by atoms with van der Waals surface area (Å²) < 4.78 is 29.1. The lowest BCUT2D eigenvalue weighted by atomic mass is 9.94. The number of esters is 3. The van der Waals surface area contributed by atoms with E-state index < -0.39 is 93.4 Å². The van der Waals surface area contributed by atoms with E-state index in [1.54, 1.807) is 0 Å². The molecule has 614 valence electrons. The quantitative estimate of drug-likeness (QED) is 0.0215. The van der Waals surface area contributed by atoms with E-state index in [0.717, 1.165) is 99.7 Å². The van der Waals surface area contributed by atoms with Crippen molar-refractivity contribution in [1.82, 2.24) is 14.7 Å². The second-order valence-corrected chi connectivity index (χ2v) is 30.0. The molecule has 0 rings (SSSR count). The van der Waals surface area contributed by atoms with Gasteiger partial charge in [0.25, 0.3) is 0 Å². The van der Waals surface area contributed by atoms with Gasteiger partial charge in [-0.1, -0.05) is 329 Å². The number of carbonyl (C=O) groups excluding carboxylic acids is 4. The molecule has 0 aliphatic carbocycles. The Balaban J connectivity index is 6.16. The van der Waals surface area contributed by atoms with Gasteiger partial charge in [-0.15, -0.1) is 0 Å². The molecule has 0 radical (unpaired) electrons. The molecule has 5 N–H and O–H groups in total. The molecule has 0 saturated carbocycles. The molecule has 0 bridgehead atoms. The highest BCUT2D eigenvalue weighted by atomic mass is 16.7. The summed E-state index contributed by atoms with van der Waals surface area (Å²) in [6.45, 7) is 3.58. The molecule has 0 saturated heterocycles. The number of ether oxygens (including phenoxy) is 5. The van der Waals surface area contributed by atoms with Crippen LogP contribution in [0.5, 0.6) is 0 Å². The van der Waals surface area contributed by atoms with Crippen molar-refractivity contribution in [2.24, 2.45) is 11.8 Å². The highest BCUT2D eigenvalue weighted by molar-refractivity contribution is 5.75. The van der Waals surface area contributed by atoms with Crippen LogP contribution in [0.1, 0.15) is 374 Å². The van der Waals surface area contributed by atoms with Gasteiger partial charge < -0.3 is 49.2 Å². The first-order valence-corrected chi connectivity index (χ1v) is 42.4. The maximum absolute atomic E-state index is 14.5. The van der Waals surface area contributed by atoms with Crippen molar-refractivity contribution in [2.45, 2.75) is 387 Å². The zero-order chi connectivity index (χ0) is 77.4. The Hall–Kier alpha value is -5.09. The topological polar surface area (TPSA) is 311 Å². The fourth-order valence-corrected chi connectivity index (χ4v) is 13.7. The summed E-state index contributed by atoms with van der Waals surface area (Å²) in [5, 5.41) is 47.5. The van der Waals surface area contributed by atoms with Crippen LogP contribution in [0.25, 0.3) is 0 Å². The molecule has 0 amide bonds. The van der Waals surface area contributed by atoms with E-state index in [1.165, 1.54) is 210 Å². The van der Waals surface area contributed by atoms with E-state index in [9.17, 15) is 68.7 Å². The van der Waals surface area contributed by atoms with Gasteiger partial charge in [-0.05, 0) is 38.5 Å². The maximum atomic E-state index is 14.5. The summed E-state index contributed by atoms with van der Waals surface area (Å²) in [6.07, 6.45) is 56.8. The molecule has 4 atom stereocenters. The van der Waals surface area contributed by atoms with Gasteiger partial charge in [-0.2, -0.15) is 0 Å². The van der Waals surface area contributed by atoms with E-state index in [4.69, 9.17) is 23.7 Å². The van der Waals surface area contributed by atoms with Crippen LogP contribution in [-0.4, -0.2) is 185 Å². The van der Waals surface area contributed by atoms with Gasteiger partial charge in [0.2, 0.25) is 0 Å². The van der Waals surface area contributed by atoms with Crippen molar-refractivity contribution in [1.29, 1.82) is 0 Å². The van der Waals surface area contributed by atoms with Crippen molar-refractivity contribution in [2.75, 3.05) is 78.8 Å². The number of carbonyl (C=O) groups is 9. The number of hydrogen-bond acceptors (Lipinski definition) is 17. The van der Waals surface area contributed by atoms with Gasteiger partial charge in [-0.25, -0.2) is 4.79 Å². The average Bonchev–Trinajstić information content (AvgIpc) is 0.882. The monoisotopic (exact) mass is 1500 g/mol. The van der Waals surface area contributed by atoms with Crippen LogP contribution in [0.15, 0.2) is 0 Å². The largest absolute Gasteiger partial charge is 0.508 e. The van der Waals surface area contributed by atoms with Crippen LogP contribution in [0, 0.1) is 11.8 Å². The lowest BCUT2D eigenvalue weighted by Crippen LogP contribution is -2.52. The second-order valence-electron chi connectivity index (χ2n) is 30.0. The standard InChI is InChI=1S/C83H153N3O19/c1-5-9-13-17-21-25-29-31-35-38-43-49-55-71(54-48-42-37-33-27-23-19-15-11-7-3)81(98)103-69-74(105-82(99)72(56-50-44-39-34-28-24-20-16-12-8-4)57-51-45-40-36-32-30-26-22-18-14-10-6-2)70-104-83(100)101-61-53-47-41-46-52-58-80(97)102-68-73(86(66-78(93)94)67-79(95)96)62-84(63-75(87)88)59-60-85(64-76(89)90)65-77(91)92/h71-74H,5-70H2,1-4H3,(H,87,88)(H,89,90)(H,91,92)(H,93,94)(H,95,96). The molecule has 22 heteroatoms. The summed E-state index contributed by atoms with van der Waals surface area (Å²) in [5.41, 5.74) is 0. The minimum Gasteiger partial charge on any atom is -0.480 e. The van der Waals surface area contributed by atoms with Crippen LogP contribution in [-0.2, 0) is 62.0 Å². The number of carboxylic acids is 5. The van der Waals surface area contributed by atoms with Crippen molar-refractivity contribution >= 4 is 53.9 Å². The summed E-state index contributed by atoms with van der Waals surface area (Å²) in [6, 6.07) is -1.14. The third-order valence-electron chi connectivity index (χ3n) is 20.0. The molecule has 0 heterocycles. The van der Waals surface area contributed by atoms with E-state index in [1.807, 2.05) is 0 Å². The second kappa shape index (κ2) is 73.1. The minimum absolute atomic E-state index is 0.0284. The van der Waals surface area contributed by atoms with Crippen molar-refractivity contribution in [3.05, 3.63) is 0 Å². The molecule has 0 aliphatic heterocycles. The summed E-state index contributed by atoms with van der Waals surface area (Å²) in [7, 11) is 0. The number of hydrogen-bond donors (Lipinski definition) is 5. The third-order valence-corrected chi connectivity index (χ3v) is 20.0. The third kappa shape index (κ3) is 66.8. The summed E-state index contributed by atoms with van der Waals surface area (Å²) in [4.78, 5) is 117. The Morgan fingerprint density at radius 1 is 0.295 bits per heavy atom. The zero-order valence-electron chi connectivity index (χ0n) is 66.8. The SMILES string of the molecule is CCCCCCCCCCCCCCC(CCCCCCCCCCCC)C(=O)OCC(COC(=O)OCCCCCCCC(=O)OCC(CN(CCN(CC(=O)O)CC(=O)O)CC(=O)O)N(CC(=O)O)CC(=O)O)OC(=O)C(CCCCCCCCCCCC)CCCCCCCCCCCCCC. The fraction of sp³-hybridized carbons (Fsp3) is 0.892. The first-order valence-electron chi connectivity index (χ1n) is 42.4. The molecular weight excluding hydrogens is 1340 g/mol. The first kappa shape index (κ1) is 99.9. The van der Waals surface area contributed by atoms with Crippen LogP contribution >= 0.6 is 0 Å². The number of carboxylic acid groups (broad SMARTS) is 5. The van der Waals surface area contributed by atoms with E-state index >= 15 is 0 Å². The molecule has 0 aliphatic rings. The molecule has 22 nitrogen and oxygen atoms in total. The first-order chi connectivity index (χ1) is 50.8. The molecule has 0 spiro atoms. The highest BCUT2D eigenvalue weighted by Crippen LogP contribution is 2.26. The lowest BCUT2D eigenvalue weighted by molar-refractivity contribution is -0.167. The van der Waals surface area contributed by atoms with E-state index in [0.29, 0.717) is 44.9 Å². The summed E-state index contributed by atoms with van der Waals surface area (Å²) in [5.74, 6) is -8.69. The van der Waals surface area contributed by atoms with Crippen molar-refractivity contribution < 1.29 is 92.4 Å². The maximum Gasteiger partial charge on any atom is 0.508 e. The minimum atomic E-state index is -1.40. The molecule has 4 unspecified atom stereocenters. The summed E-state index contributed by atoms with van der Waals surface area (Å²) >= 11 is 0. The Bertz CT molecular complexity index is 2120. The number of nitrogens with zero attached hydrogens (tertiary/aromatic N) is 3. The Morgan fingerprint density at radius 3 is 0.943 bits per heavy atom. The molecule has 0 aromatic rings. The zero-order valence-corrected chi connectivity index (χ0v) is 66.8. The normalized spacial score (nSPS) is 12.7. The predicted octanol–water partition coefficient (Wildman–Crippen LogP) is 19.2. The van der Waals surface area contributed by atoms with Crippen molar-refractivity contribution in [3.63, 3.8) is 0 Å². The Labute approximate surface area is 635 Å². The van der Waals surface area contributed by atoms with Gasteiger partial charge in [0.15, 0.2) is 6.10 Å². The van der Waals surface area contributed by atoms with Crippen LogP contribution in [0.2, 0.25) is 0 Å². The van der Waals surface area contributed by atoms with Crippen molar-refractivity contribution in [3.8, 4) is 0 Å². The van der Waals surface area contributed by atoms with E-state index in [2.05, 4.69) is 27.7 Å². The number of rotatable bonds is 81. The number of aliphatic carboxylic acids is 5.